The number of rotatable bonds is 3. The Morgan fingerprint density at radius 2 is 2.24 bits per heavy atom. The zero-order valence-corrected chi connectivity index (χ0v) is 10.4. The van der Waals surface area contributed by atoms with Crippen molar-refractivity contribution in [3.8, 4) is 0 Å². The number of para-hydroxylation sites is 1. The molecular weight excluding hydrogens is 212 g/mol. The van der Waals surface area contributed by atoms with Crippen molar-refractivity contribution in [1.29, 1.82) is 0 Å². The van der Waals surface area contributed by atoms with Crippen molar-refractivity contribution in [3.05, 3.63) is 29.8 Å². The molecule has 1 unspecified atom stereocenters. The van der Waals surface area contributed by atoms with Crippen molar-refractivity contribution in [3.63, 3.8) is 0 Å². The lowest BCUT2D eigenvalue weighted by Crippen LogP contribution is -2.36. The van der Waals surface area contributed by atoms with Crippen molar-refractivity contribution >= 4 is 11.6 Å². The minimum atomic E-state index is 0.204. The number of anilines is 1. The van der Waals surface area contributed by atoms with Crippen molar-refractivity contribution in [2.75, 3.05) is 18.0 Å². The van der Waals surface area contributed by atoms with Crippen LogP contribution in [0, 0.1) is 5.92 Å². The molecule has 3 heteroatoms. The fourth-order valence-electron chi connectivity index (χ4n) is 2.28. The number of hydrogen-bond acceptors (Lipinski definition) is 2. The standard InChI is InChI=1S/C14H20N2O/c1-11(10-15)9-14(17)16-8-4-6-12-5-2-3-7-13(12)16/h2-3,5,7,11H,4,6,8-10,15H2,1H3. The third-order valence-corrected chi connectivity index (χ3v) is 3.34. The summed E-state index contributed by atoms with van der Waals surface area (Å²) in [5, 5.41) is 0. The molecule has 1 aliphatic heterocycles. The van der Waals surface area contributed by atoms with Crippen LogP contribution in [0.15, 0.2) is 24.3 Å². The molecule has 1 aromatic carbocycles. The average Bonchev–Trinajstić information content (AvgIpc) is 2.37. The van der Waals surface area contributed by atoms with Crippen LogP contribution in [0.25, 0.3) is 0 Å². The van der Waals surface area contributed by atoms with Gasteiger partial charge in [0.15, 0.2) is 0 Å². The van der Waals surface area contributed by atoms with Crippen molar-refractivity contribution in [1.82, 2.24) is 0 Å². The molecule has 1 atom stereocenters. The quantitative estimate of drug-likeness (QED) is 0.865. The maximum absolute atomic E-state index is 12.2. The molecule has 0 radical (unpaired) electrons. The SMILES string of the molecule is CC(CN)CC(=O)N1CCCc2ccccc21. The highest BCUT2D eigenvalue weighted by molar-refractivity contribution is 5.94. The van der Waals surface area contributed by atoms with Crippen molar-refractivity contribution in [2.24, 2.45) is 11.7 Å². The number of benzene rings is 1. The Bertz CT molecular complexity index is 403. The van der Waals surface area contributed by atoms with E-state index >= 15 is 0 Å². The van der Waals surface area contributed by atoms with Gasteiger partial charge in [0, 0.05) is 18.7 Å². The minimum Gasteiger partial charge on any atom is -0.330 e. The van der Waals surface area contributed by atoms with Crippen LogP contribution in [0.5, 0.6) is 0 Å². The molecule has 17 heavy (non-hydrogen) atoms. The highest BCUT2D eigenvalue weighted by atomic mass is 16.2. The van der Waals surface area contributed by atoms with Gasteiger partial charge in [-0.25, -0.2) is 0 Å². The maximum Gasteiger partial charge on any atom is 0.227 e. The van der Waals surface area contributed by atoms with Gasteiger partial charge < -0.3 is 10.6 Å². The number of carbonyl (C=O) groups is 1. The molecule has 0 aliphatic carbocycles. The molecule has 0 saturated heterocycles. The number of fused-ring (bicyclic) bond motifs is 1. The second kappa shape index (κ2) is 5.32. The van der Waals surface area contributed by atoms with Crippen LogP contribution in [-0.4, -0.2) is 19.0 Å². The molecule has 2 N–H and O–H groups in total. The second-order valence-corrected chi connectivity index (χ2v) is 4.82. The van der Waals surface area contributed by atoms with E-state index in [4.69, 9.17) is 5.73 Å². The summed E-state index contributed by atoms with van der Waals surface area (Å²) in [6.07, 6.45) is 2.68. The van der Waals surface area contributed by atoms with E-state index in [-0.39, 0.29) is 11.8 Å². The summed E-state index contributed by atoms with van der Waals surface area (Å²) in [6, 6.07) is 8.19. The third-order valence-electron chi connectivity index (χ3n) is 3.34. The third kappa shape index (κ3) is 2.67. The number of nitrogens with zero attached hydrogens (tertiary/aromatic N) is 1. The van der Waals surface area contributed by atoms with E-state index in [1.165, 1.54) is 5.56 Å². The van der Waals surface area contributed by atoms with Crippen LogP contribution in [0.2, 0.25) is 0 Å². The van der Waals surface area contributed by atoms with E-state index in [0.29, 0.717) is 13.0 Å². The first kappa shape index (κ1) is 12.1. The van der Waals surface area contributed by atoms with Crippen LogP contribution in [0.1, 0.15) is 25.3 Å². The topological polar surface area (TPSA) is 46.3 Å². The van der Waals surface area contributed by atoms with Gasteiger partial charge in [-0.15, -0.1) is 0 Å². The fourth-order valence-corrected chi connectivity index (χ4v) is 2.28. The van der Waals surface area contributed by atoms with Crippen LogP contribution in [0.4, 0.5) is 5.69 Å². The van der Waals surface area contributed by atoms with Gasteiger partial charge in [-0.05, 0) is 36.9 Å². The lowest BCUT2D eigenvalue weighted by atomic mass is 10.00. The number of carbonyl (C=O) groups excluding carboxylic acids is 1. The molecule has 0 fully saturated rings. The summed E-state index contributed by atoms with van der Waals surface area (Å²) < 4.78 is 0. The normalized spacial score (nSPS) is 16.5. The summed E-state index contributed by atoms with van der Waals surface area (Å²) in [4.78, 5) is 14.1. The Hall–Kier alpha value is -1.35. The van der Waals surface area contributed by atoms with Crippen LogP contribution in [0.3, 0.4) is 0 Å². The summed E-state index contributed by atoms with van der Waals surface area (Å²) >= 11 is 0. The number of hydrogen-bond donors (Lipinski definition) is 1. The average molecular weight is 232 g/mol. The Morgan fingerprint density at radius 1 is 1.47 bits per heavy atom. The van der Waals surface area contributed by atoms with Crippen LogP contribution in [-0.2, 0) is 11.2 Å². The zero-order valence-electron chi connectivity index (χ0n) is 10.4. The van der Waals surface area contributed by atoms with Gasteiger partial charge in [0.2, 0.25) is 5.91 Å². The first-order chi connectivity index (χ1) is 8.22. The molecular formula is C14H20N2O. The Balaban J connectivity index is 2.15. The highest BCUT2D eigenvalue weighted by Gasteiger charge is 2.22. The van der Waals surface area contributed by atoms with Crippen molar-refractivity contribution < 1.29 is 4.79 Å². The zero-order chi connectivity index (χ0) is 12.3. The molecule has 0 spiro atoms. The minimum absolute atomic E-state index is 0.204. The predicted octanol–water partition coefficient (Wildman–Crippen LogP) is 1.95. The molecule has 0 aromatic heterocycles. The number of nitrogens with two attached hydrogens (primary N) is 1. The van der Waals surface area contributed by atoms with Gasteiger partial charge in [-0.1, -0.05) is 25.1 Å². The Labute approximate surface area is 103 Å². The van der Waals surface area contributed by atoms with E-state index < -0.39 is 0 Å². The highest BCUT2D eigenvalue weighted by Crippen LogP contribution is 2.27. The molecule has 2 rings (SSSR count). The first-order valence-electron chi connectivity index (χ1n) is 6.30. The number of aryl methyl sites for hydroxylation is 1. The summed E-state index contributed by atoms with van der Waals surface area (Å²) in [6.45, 7) is 3.43. The molecule has 1 heterocycles. The van der Waals surface area contributed by atoms with Gasteiger partial charge in [-0.3, -0.25) is 4.79 Å². The molecule has 1 amide bonds. The smallest absolute Gasteiger partial charge is 0.227 e. The molecule has 92 valence electrons. The molecule has 0 saturated carbocycles. The van der Waals surface area contributed by atoms with Gasteiger partial charge in [0.05, 0.1) is 0 Å². The molecule has 3 nitrogen and oxygen atoms in total. The van der Waals surface area contributed by atoms with Gasteiger partial charge in [-0.2, -0.15) is 0 Å². The van der Waals surface area contributed by atoms with E-state index in [1.54, 1.807) is 0 Å². The van der Waals surface area contributed by atoms with Gasteiger partial charge in [0.1, 0.15) is 0 Å². The largest absolute Gasteiger partial charge is 0.330 e. The lowest BCUT2D eigenvalue weighted by Gasteiger charge is -2.30. The van der Waals surface area contributed by atoms with Crippen molar-refractivity contribution in [2.45, 2.75) is 26.2 Å². The lowest BCUT2D eigenvalue weighted by molar-refractivity contribution is -0.119. The van der Waals surface area contributed by atoms with Crippen LogP contribution < -0.4 is 10.6 Å². The Kier molecular flexibility index (Phi) is 3.79. The monoisotopic (exact) mass is 232 g/mol. The van der Waals surface area contributed by atoms with Crippen LogP contribution >= 0.6 is 0 Å². The molecule has 1 aliphatic rings. The van der Waals surface area contributed by atoms with Gasteiger partial charge in [0.25, 0.3) is 0 Å². The number of amides is 1. The predicted molar refractivity (Wildman–Crippen MR) is 70.0 cm³/mol. The van der Waals surface area contributed by atoms with E-state index in [0.717, 1.165) is 25.1 Å². The van der Waals surface area contributed by atoms with E-state index in [9.17, 15) is 4.79 Å². The van der Waals surface area contributed by atoms with Gasteiger partial charge >= 0.3 is 0 Å². The maximum atomic E-state index is 12.2. The Morgan fingerprint density at radius 3 is 3.00 bits per heavy atom. The molecule has 1 aromatic rings. The second-order valence-electron chi connectivity index (χ2n) is 4.82. The first-order valence-corrected chi connectivity index (χ1v) is 6.30. The molecule has 0 bridgehead atoms. The summed E-state index contributed by atoms with van der Waals surface area (Å²) in [5.74, 6) is 0.465. The summed E-state index contributed by atoms with van der Waals surface area (Å²) in [7, 11) is 0. The summed E-state index contributed by atoms with van der Waals surface area (Å²) in [5.41, 5.74) is 7.95. The van der Waals surface area contributed by atoms with E-state index in [1.807, 2.05) is 30.0 Å². The fraction of sp³-hybridized carbons (Fsp3) is 0.500. The van der Waals surface area contributed by atoms with E-state index in [2.05, 4.69) is 6.07 Å².